The van der Waals surface area contributed by atoms with Crippen LogP contribution in [0.4, 0.5) is 0 Å². The van der Waals surface area contributed by atoms with Crippen molar-refractivity contribution in [3.8, 4) is 0 Å². The molecule has 1 aromatic heterocycles. The molecule has 0 aromatic carbocycles. The summed E-state index contributed by atoms with van der Waals surface area (Å²) in [6.07, 6.45) is 0. The van der Waals surface area contributed by atoms with Crippen LogP contribution in [-0.2, 0) is 0 Å². The first-order valence-corrected chi connectivity index (χ1v) is 3.02. The van der Waals surface area contributed by atoms with Crippen molar-refractivity contribution >= 4 is 53.1 Å². The van der Waals surface area contributed by atoms with E-state index in [1.807, 2.05) is 0 Å². The van der Waals surface area contributed by atoms with Gasteiger partial charge in [0.25, 0.3) is 0 Å². The minimum absolute atomic E-state index is 0. The molecule has 1 radical (unpaired) electrons. The smallest absolute Gasteiger partial charge is 0.257 e. The molecule has 0 bridgehead atoms. The van der Waals surface area contributed by atoms with E-state index in [0.717, 1.165) is 0 Å². The number of hydrogen-bond donors (Lipinski definition) is 1. The molecule has 0 fully saturated rings. The Bertz CT molecular complexity index is 408. The van der Waals surface area contributed by atoms with Gasteiger partial charge in [0.05, 0.1) is 0 Å². The Balaban J connectivity index is 0.00000121. The van der Waals surface area contributed by atoms with Crippen molar-refractivity contribution in [3.05, 3.63) is 31.5 Å². The maximum absolute atomic E-state index is 10.7. The summed E-state index contributed by atoms with van der Waals surface area (Å²) < 4.78 is 0.322. The van der Waals surface area contributed by atoms with Gasteiger partial charge in [-0.3, -0.25) is 4.98 Å². The SMILES string of the molecule is O=c1[nH]c(=O)n(Cl)c(=O)n1Cl.[Na]. The van der Waals surface area contributed by atoms with Crippen LogP contribution in [0.25, 0.3) is 0 Å². The Kier molecular flexibility index (Phi) is 4.29. The van der Waals surface area contributed by atoms with Crippen LogP contribution >= 0.6 is 23.6 Å². The first kappa shape index (κ1) is 12.0. The number of aromatic nitrogens is 3. The Morgan fingerprint density at radius 1 is 1.00 bits per heavy atom. The third-order valence-electron chi connectivity index (χ3n) is 0.906. The van der Waals surface area contributed by atoms with Gasteiger partial charge < -0.3 is 0 Å². The zero-order valence-electron chi connectivity index (χ0n) is 5.88. The Morgan fingerprint density at radius 2 is 1.33 bits per heavy atom. The molecule has 61 valence electrons. The molecule has 1 rings (SSSR count). The molecule has 9 heteroatoms. The molecule has 1 N–H and O–H groups in total. The van der Waals surface area contributed by atoms with Gasteiger partial charge in [-0.1, -0.05) is 0 Å². The predicted molar refractivity (Wildman–Crippen MR) is 43.8 cm³/mol. The van der Waals surface area contributed by atoms with E-state index in [2.05, 4.69) is 0 Å². The van der Waals surface area contributed by atoms with E-state index in [1.54, 1.807) is 4.98 Å². The Hall–Kier alpha value is -0.0100. The molecule has 0 aliphatic carbocycles. The Morgan fingerprint density at radius 3 is 1.67 bits per heavy atom. The topological polar surface area (TPSA) is 76.9 Å². The number of nitrogens with zero attached hydrogens (tertiary/aromatic N) is 2. The summed E-state index contributed by atoms with van der Waals surface area (Å²) in [6.45, 7) is 0. The molecule has 0 unspecified atom stereocenters. The minimum atomic E-state index is -1.10. The molecular weight excluding hydrogens is 220 g/mol. The third-order valence-corrected chi connectivity index (χ3v) is 1.50. The standard InChI is InChI=1S/C3HCl2N3O3.Na/c4-7-1(9)6-2(10)8(5)3(7)11;/h(H,6,9,10);. The number of rotatable bonds is 0. The van der Waals surface area contributed by atoms with Gasteiger partial charge in [-0.25, -0.2) is 14.4 Å². The largest absolute Gasteiger partial charge is 0.366 e. The number of H-pyrrole nitrogens is 1. The van der Waals surface area contributed by atoms with Crippen LogP contribution in [0, 0.1) is 0 Å². The van der Waals surface area contributed by atoms with E-state index < -0.39 is 17.1 Å². The summed E-state index contributed by atoms with van der Waals surface area (Å²) >= 11 is 10.1. The summed E-state index contributed by atoms with van der Waals surface area (Å²) in [5.41, 5.74) is -3.13. The van der Waals surface area contributed by atoms with Crippen LogP contribution in [0.3, 0.4) is 0 Å². The Labute approximate surface area is 97.2 Å². The number of nitrogens with one attached hydrogen (secondary N) is 1. The van der Waals surface area contributed by atoms with Gasteiger partial charge in [0.2, 0.25) is 0 Å². The predicted octanol–water partition coefficient (Wildman–Crippen LogP) is -1.68. The fourth-order valence-electron chi connectivity index (χ4n) is 0.440. The summed E-state index contributed by atoms with van der Waals surface area (Å²) in [5.74, 6) is 0. The molecule has 0 atom stereocenters. The van der Waals surface area contributed by atoms with Crippen LogP contribution in [0.5, 0.6) is 0 Å². The van der Waals surface area contributed by atoms with Crippen molar-refractivity contribution in [1.82, 2.24) is 13.2 Å². The number of halogens is 2. The molecule has 6 nitrogen and oxygen atoms in total. The monoisotopic (exact) mass is 220 g/mol. The molecule has 12 heavy (non-hydrogen) atoms. The number of aromatic amines is 1. The van der Waals surface area contributed by atoms with Crippen LogP contribution < -0.4 is 17.1 Å². The normalized spacial score (nSPS) is 9.17. The molecule has 1 heterocycles. The molecule has 0 amide bonds. The minimum Gasteiger partial charge on any atom is -0.257 e. The van der Waals surface area contributed by atoms with Crippen molar-refractivity contribution in [2.75, 3.05) is 0 Å². The zero-order valence-corrected chi connectivity index (χ0v) is 9.39. The van der Waals surface area contributed by atoms with Crippen LogP contribution in [-0.4, -0.2) is 42.7 Å². The maximum atomic E-state index is 10.7. The van der Waals surface area contributed by atoms with Gasteiger partial charge in [-0.15, -0.1) is 8.17 Å². The molecule has 0 saturated heterocycles. The molecule has 0 aliphatic heterocycles. The van der Waals surface area contributed by atoms with Crippen molar-refractivity contribution in [1.29, 1.82) is 0 Å². The second-order valence-corrected chi connectivity index (χ2v) is 2.26. The van der Waals surface area contributed by atoms with E-state index in [0.29, 0.717) is 0 Å². The van der Waals surface area contributed by atoms with Crippen LogP contribution in [0.1, 0.15) is 0 Å². The molecule has 0 aliphatic rings. The fourth-order valence-corrected chi connectivity index (χ4v) is 0.715. The molecule has 0 spiro atoms. The molecule has 0 saturated carbocycles. The fraction of sp³-hybridized carbons (Fsp3) is 0. The summed E-state index contributed by atoms with van der Waals surface area (Å²) in [7, 11) is 0. The van der Waals surface area contributed by atoms with Gasteiger partial charge in [0.1, 0.15) is 0 Å². The zero-order chi connectivity index (χ0) is 8.59. The summed E-state index contributed by atoms with van der Waals surface area (Å²) in [6, 6.07) is 0. The first-order chi connectivity index (χ1) is 5.04. The average Bonchev–Trinajstić information content (AvgIpc) is 1.97. The van der Waals surface area contributed by atoms with Gasteiger partial charge >= 0.3 is 17.1 Å². The van der Waals surface area contributed by atoms with E-state index in [9.17, 15) is 14.4 Å². The van der Waals surface area contributed by atoms with E-state index in [-0.39, 0.29) is 37.7 Å². The van der Waals surface area contributed by atoms with E-state index in [4.69, 9.17) is 23.6 Å². The molecular formula is C3HCl2N3NaO3. The van der Waals surface area contributed by atoms with Gasteiger partial charge in [0.15, 0.2) is 0 Å². The first-order valence-electron chi connectivity index (χ1n) is 2.34. The maximum Gasteiger partial charge on any atom is 0.366 e. The average molecular weight is 221 g/mol. The summed E-state index contributed by atoms with van der Waals surface area (Å²) in [5, 5.41) is 0. The van der Waals surface area contributed by atoms with Crippen molar-refractivity contribution in [2.24, 2.45) is 0 Å². The second-order valence-electron chi connectivity index (χ2n) is 1.58. The van der Waals surface area contributed by atoms with Crippen molar-refractivity contribution in [3.63, 3.8) is 0 Å². The van der Waals surface area contributed by atoms with E-state index in [1.165, 1.54) is 0 Å². The van der Waals surface area contributed by atoms with Gasteiger partial charge in [-0.05, 0) is 0 Å². The van der Waals surface area contributed by atoms with Crippen LogP contribution in [0.2, 0.25) is 0 Å². The third kappa shape index (κ3) is 2.02. The van der Waals surface area contributed by atoms with Gasteiger partial charge in [-0.2, -0.15) is 0 Å². The van der Waals surface area contributed by atoms with Crippen LogP contribution in [0.15, 0.2) is 14.4 Å². The van der Waals surface area contributed by atoms with Gasteiger partial charge in [0, 0.05) is 53.1 Å². The quantitative estimate of drug-likeness (QED) is 0.531. The van der Waals surface area contributed by atoms with Crippen molar-refractivity contribution < 1.29 is 0 Å². The summed E-state index contributed by atoms with van der Waals surface area (Å²) in [4.78, 5) is 33.4. The molecule has 1 aromatic rings. The second kappa shape index (κ2) is 4.29. The number of hydrogen-bond acceptors (Lipinski definition) is 3. The van der Waals surface area contributed by atoms with E-state index >= 15 is 0 Å². The van der Waals surface area contributed by atoms with Crippen molar-refractivity contribution in [2.45, 2.75) is 0 Å².